The lowest BCUT2D eigenvalue weighted by Gasteiger charge is -2.05. The maximum absolute atomic E-state index is 12.4. The molecule has 0 aliphatic carbocycles. The highest BCUT2D eigenvalue weighted by Gasteiger charge is 2.21. The second-order valence-corrected chi connectivity index (χ2v) is 6.35. The summed E-state index contributed by atoms with van der Waals surface area (Å²) in [5.74, 6) is -0.859. The highest BCUT2D eigenvalue weighted by atomic mass is 16.5. The SMILES string of the molecule is CCOc1ccc(/C=C(\C#N)C(=O)OCC(=O)c2[nH]c(C)c(C(C)=O)c2C)cc1. The van der Waals surface area contributed by atoms with E-state index in [0.29, 0.717) is 34.7 Å². The molecule has 0 aliphatic rings. The zero-order chi connectivity index (χ0) is 21.6. The normalized spacial score (nSPS) is 10.9. The Bertz CT molecular complexity index is 1010. The number of Topliss-reactive ketones (excluding diaryl/α,β-unsaturated/α-hetero) is 2. The molecular formula is C22H22N2O5. The summed E-state index contributed by atoms with van der Waals surface area (Å²) >= 11 is 0. The fraction of sp³-hybridized carbons (Fsp3) is 0.273. The van der Waals surface area contributed by atoms with Gasteiger partial charge in [0.05, 0.1) is 12.3 Å². The monoisotopic (exact) mass is 394 g/mol. The van der Waals surface area contributed by atoms with Gasteiger partial charge in [-0.2, -0.15) is 5.26 Å². The second kappa shape index (κ2) is 9.51. The van der Waals surface area contributed by atoms with Gasteiger partial charge >= 0.3 is 5.97 Å². The number of nitriles is 1. The summed E-state index contributed by atoms with van der Waals surface area (Å²) in [6.45, 7) is 6.63. The molecule has 0 spiro atoms. The van der Waals surface area contributed by atoms with Crippen molar-refractivity contribution in [3.05, 3.63) is 57.9 Å². The van der Waals surface area contributed by atoms with Crippen molar-refractivity contribution >= 4 is 23.6 Å². The lowest BCUT2D eigenvalue weighted by Crippen LogP contribution is -2.16. The number of aromatic nitrogens is 1. The number of rotatable bonds is 8. The van der Waals surface area contributed by atoms with Gasteiger partial charge in [-0.05, 0) is 57.0 Å². The fourth-order valence-corrected chi connectivity index (χ4v) is 2.97. The van der Waals surface area contributed by atoms with Gasteiger partial charge in [0.25, 0.3) is 0 Å². The molecule has 29 heavy (non-hydrogen) atoms. The molecule has 0 saturated heterocycles. The summed E-state index contributed by atoms with van der Waals surface area (Å²) in [5, 5.41) is 9.25. The van der Waals surface area contributed by atoms with Gasteiger partial charge in [0.2, 0.25) is 5.78 Å². The Hall–Kier alpha value is -3.66. The third-order valence-corrected chi connectivity index (χ3v) is 4.25. The summed E-state index contributed by atoms with van der Waals surface area (Å²) in [7, 11) is 0. The van der Waals surface area contributed by atoms with Crippen LogP contribution in [0.25, 0.3) is 6.08 Å². The number of benzene rings is 1. The van der Waals surface area contributed by atoms with Crippen molar-refractivity contribution in [3.63, 3.8) is 0 Å². The number of H-pyrrole nitrogens is 1. The molecule has 1 aromatic heterocycles. The summed E-state index contributed by atoms with van der Waals surface area (Å²) < 4.78 is 10.3. The van der Waals surface area contributed by atoms with Crippen LogP contribution in [0, 0.1) is 25.2 Å². The summed E-state index contributed by atoms with van der Waals surface area (Å²) in [4.78, 5) is 39.1. The van der Waals surface area contributed by atoms with Gasteiger partial charge in [0.1, 0.15) is 17.4 Å². The van der Waals surface area contributed by atoms with Gasteiger partial charge in [-0.15, -0.1) is 0 Å². The van der Waals surface area contributed by atoms with Crippen LogP contribution < -0.4 is 4.74 Å². The lowest BCUT2D eigenvalue weighted by molar-refractivity contribution is -0.137. The third-order valence-electron chi connectivity index (χ3n) is 4.25. The Morgan fingerprint density at radius 3 is 2.34 bits per heavy atom. The second-order valence-electron chi connectivity index (χ2n) is 6.35. The van der Waals surface area contributed by atoms with Gasteiger partial charge in [0, 0.05) is 11.3 Å². The van der Waals surface area contributed by atoms with E-state index < -0.39 is 18.4 Å². The van der Waals surface area contributed by atoms with E-state index in [1.165, 1.54) is 13.0 Å². The minimum atomic E-state index is -0.901. The number of ketones is 2. The van der Waals surface area contributed by atoms with E-state index >= 15 is 0 Å². The Morgan fingerprint density at radius 1 is 1.17 bits per heavy atom. The molecule has 0 amide bonds. The molecule has 0 saturated carbocycles. The van der Waals surface area contributed by atoms with Crippen LogP contribution in [0.1, 0.15) is 51.5 Å². The van der Waals surface area contributed by atoms with Crippen molar-refractivity contribution in [2.75, 3.05) is 13.2 Å². The smallest absolute Gasteiger partial charge is 0.349 e. The molecule has 0 atom stereocenters. The molecule has 150 valence electrons. The Balaban J connectivity index is 2.08. The number of esters is 1. The van der Waals surface area contributed by atoms with Crippen molar-refractivity contribution in [2.45, 2.75) is 27.7 Å². The van der Waals surface area contributed by atoms with E-state index in [1.807, 2.05) is 6.92 Å². The van der Waals surface area contributed by atoms with Gasteiger partial charge in [-0.25, -0.2) is 4.79 Å². The number of nitrogens with zero attached hydrogens (tertiary/aromatic N) is 1. The number of aryl methyl sites for hydroxylation is 1. The summed E-state index contributed by atoms with van der Waals surface area (Å²) in [5.41, 5.74) is 2.16. The minimum Gasteiger partial charge on any atom is -0.494 e. The molecule has 0 fully saturated rings. The molecule has 2 rings (SSSR count). The molecule has 7 nitrogen and oxygen atoms in total. The first-order valence-electron chi connectivity index (χ1n) is 9.03. The van der Waals surface area contributed by atoms with Crippen LogP contribution in [0.15, 0.2) is 29.8 Å². The van der Waals surface area contributed by atoms with Crippen molar-refractivity contribution in [1.29, 1.82) is 5.26 Å². The average molecular weight is 394 g/mol. The van der Waals surface area contributed by atoms with E-state index in [-0.39, 0.29) is 17.1 Å². The van der Waals surface area contributed by atoms with Crippen LogP contribution in [0.3, 0.4) is 0 Å². The van der Waals surface area contributed by atoms with Crippen molar-refractivity contribution < 1.29 is 23.9 Å². The molecule has 0 aliphatic heterocycles. The van der Waals surface area contributed by atoms with Crippen LogP contribution in [-0.4, -0.2) is 35.7 Å². The quantitative estimate of drug-likeness (QED) is 0.317. The zero-order valence-corrected chi connectivity index (χ0v) is 16.8. The third kappa shape index (κ3) is 5.20. The Kier molecular flexibility index (Phi) is 7.10. The standard InChI is InChI=1S/C22H22N2O5/c1-5-28-18-8-6-16(7-9-18)10-17(11-23)22(27)29-12-19(26)21-13(2)20(15(4)25)14(3)24-21/h6-10,24H,5,12H2,1-4H3/b17-10+. The number of ether oxygens (including phenoxy) is 2. The molecule has 1 N–H and O–H groups in total. The zero-order valence-electron chi connectivity index (χ0n) is 16.8. The first-order valence-corrected chi connectivity index (χ1v) is 9.03. The maximum atomic E-state index is 12.4. The number of nitrogens with one attached hydrogen (secondary N) is 1. The van der Waals surface area contributed by atoms with Crippen LogP contribution >= 0.6 is 0 Å². The van der Waals surface area contributed by atoms with Crippen LogP contribution in [0.2, 0.25) is 0 Å². The minimum absolute atomic E-state index is 0.155. The molecule has 1 aromatic carbocycles. The average Bonchev–Trinajstić information content (AvgIpc) is 2.99. The van der Waals surface area contributed by atoms with E-state index in [4.69, 9.17) is 9.47 Å². The first-order chi connectivity index (χ1) is 13.8. The number of hydrogen-bond acceptors (Lipinski definition) is 6. The highest BCUT2D eigenvalue weighted by Crippen LogP contribution is 2.19. The molecule has 7 heteroatoms. The van der Waals surface area contributed by atoms with Crippen LogP contribution in [0.5, 0.6) is 5.75 Å². The Morgan fingerprint density at radius 2 is 1.83 bits per heavy atom. The van der Waals surface area contributed by atoms with E-state index in [1.54, 1.807) is 44.2 Å². The van der Waals surface area contributed by atoms with Crippen molar-refractivity contribution in [3.8, 4) is 11.8 Å². The maximum Gasteiger partial charge on any atom is 0.349 e. The predicted octanol–water partition coefficient (Wildman–Crippen LogP) is 3.57. The number of aromatic amines is 1. The van der Waals surface area contributed by atoms with Gasteiger partial charge in [0.15, 0.2) is 12.4 Å². The van der Waals surface area contributed by atoms with Crippen LogP contribution in [0.4, 0.5) is 0 Å². The van der Waals surface area contributed by atoms with Gasteiger partial charge in [-0.1, -0.05) is 12.1 Å². The van der Waals surface area contributed by atoms with E-state index in [2.05, 4.69) is 4.98 Å². The van der Waals surface area contributed by atoms with Gasteiger partial charge in [-0.3, -0.25) is 9.59 Å². The first kappa shape index (κ1) is 21.6. The molecular weight excluding hydrogens is 372 g/mol. The van der Waals surface area contributed by atoms with Crippen molar-refractivity contribution in [1.82, 2.24) is 4.98 Å². The molecule has 0 bridgehead atoms. The van der Waals surface area contributed by atoms with Gasteiger partial charge < -0.3 is 14.5 Å². The molecule has 0 radical (unpaired) electrons. The lowest BCUT2D eigenvalue weighted by atomic mass is 10.1. The molecule has 0 unspecified atom stereocenters. The topological polar surface area (TPSA) is 109 Å². The number of hydrogen-bond donors (Lipinski definition) is 1. The number of carbonyl (C=O) groups is 3. The predicted molar refractivity (Wildman–Crippen MR) is 107 cm³/mol. The summed E-state index contributed by atoms with van der Waals surface area (Å²) in [6.07, 6.45) is 1.38. The summed E-state index contributed by atoms with van der Waals surface area (Å²) in [6, 6.07) is 8.64. The number of carbonyl (C=O) groups excluding carboxylic acids is 3. The highest BCUT2D eigenvalue weighted by molar-refractivity contribution is 6.05. The van der Waals surface area contributed by atoms with Crippen molar-refractivity contribution in [2.24, 2.45) is 0 Å². The van der Waals surface area contributed by atoms with E-state index in [9.17, 15) is 19.6 Å². The van der Waals surface area contributed by atoms with Crippen LogP contribution in [-0.2, 0) is 9.53 Å². The van der Waals surface area contributed by atoms with E-state index in [0.717, 1.165) is 0 Å². The molecule has 2 aromatic rings. The largest absolute Gasteiger partial charge is 0.494 e. The molecule has 1 heterocycles. The fourth-order valence-electron chi connectivity index (χ4n) is 2.97. The Labute approximate surface area is 168 Å².